The van der Waals surface area contributed by atoms with Crippen molar-refractivity contribution in [1.82, 2.24) is 0 Å². The van der Waals surface area contributed by atoms with Crippen molar-refractivity contribution in [2.75, 3.05) is 0 Å². The Morgan fingerprint density at radius 2 is 1.10 bits per heavy atom. The maximum atomic E-state index is 10.3. The summed E-state index contributed by atoms with van der Waals surface area (Å²) in [5, 5.41) is 20.4. The largest absolute Gasteiger partial charge is 0.393 e. The van der Waals surface area contributed by atoms with Crippen LogP contribution in [-0.4, -0.2) is 22.4 Å². The van der Waals surface area contributed by atoms with Gasteiger partial charge in [-0.05, 0) is 94.8 Å². The van der Waals surface area contributed by atoms with Crippen LogP contribution < -0.4 is 0 Å². The highest BCUT2D eigenvalue weighted by Crippen LogP contribution is 2.42. The van der Waals surface area contributed by atoms with Crippen LogP contribution >= 0.6 is 0 Å². The maximum absolute atomic E-state index is 10.3. The highest BCUT2D eigenvalue weighted by molar-refractivity contribution is 5.40. The Bertz CT molecular complexity index is 1290. The third-order valence-corrected chi connectivity index (χ3v) is 8.46. The number of aliphatic hydroxyl groups excluding tert-OH is 2. The van der Waals surface area contributed by atoms with E-state index in [1.54, 1.807) is 0 Å². The number of aliphatic hydroxyl groups is 2. The predicted octanol–water partition coefficient (Wildman–Crippen LogP) is 10.5. The van der Waals surface area contributed by atoms with Gasteiger partial charge in [-0.2, -0.15) is 0 Å². The average Bonchev–Trinajstić information content (AvgIpc) is 2.87. The summed E-state index contributed by atoms with van der Waals surface area (Å²) in [7, 11) is 0. The molecule has 2 heteroatoms. The fourth-order valence-electron chi connectivity index (χ4n) is 5.87. The zero-order valence-corrected chi connectivity index (χ0v) is 28.0. The van der Waals surface area contributed by atoms with E-state index in [0.29, 0.717) is 0 Å². The quantitative estimate of drug-likeness (QED) is 0.257. The van der Waals surface area contributed by atoms with Crippen molar-refractivity contribution in [2.24, 2.45) is 10.8 Å². The molecule has 0 aromatic rings. The molecular formula is C40H56O2. The van der Waals surface area contributed by atoms with Crippen molar-refractivity contribution < 1.29 is 10.2 Å². The normalized spacial score (nSPS) is 25.0. The molecule has 0 saturated heterocycles. The van der Waals surface area contributed by atoms with E-state index in [0.717, 1.165) is 31.3 Å². The van der Waals surface area contributed by atoms with Crippen LogP contribution in [0, 0.1) is 10.8 Å². The van der Waals surface area contributed by atoms with Gasteiger partial charge < -0.3 is 10.2 Å². The Balaban J connectivity index is 1.91. The zero-order valence-electron chi connectivity index (χ0n) is 28.0. The Hall–Kier alpha value is -2.94. The number of rotatable bonds is 10. The molecule has 1 unspecified atom stereocenters. The van der Waals surface area contributed by atoms with E-state index in [-0.39, 0.29) is 23.0 Å². The highest BCUT2D eigenvalue weighted by atomic mass is 16.3. The lowest BCUT2D eigenvalue weighted by molar-refractivity contribution is 0.116. The van der Waals surface area contributed by atoms with Crippen molar-refractivity contribution in [3.8, 4) is 0 Å². The molecule has 0 bridgehead atoms. The van der Waals surface area contributed by atoms with Crippen molar-refractivity contribution in [1.29, 1.82) is 0 Å². The molecule has 2 aliphatic carbocycles. The van der Waals surface area contributed by atoms with Gasteiger partial charge in [0.1, 0.15) is 0 Å². The Morgan fingerprint density at radius 3 is 1.60 bits per heavy atom. The van der Waals surface area contributed by atoms with E-state index in [4.69, 9.17) is 0 Å². The first-order valence-electron chi connectivity index (χ1n) is 15.5. The topological polar surface area (TPSA) is 40.5 Å². The lowest BCUT2D eigenvalue weighted by Crippen LogP contribution is -2.28. The molecule has 2 N–H and O–H groups in total. The summed E-state index contributed by atoms with van der Waals surface area (Å²) in [6, 6.07) is 0. The summed E-state index contributed by atoms with van der Waals surface area (Å²) in [6.45, 7) is 21.6. The maximum Gasteiger partial charge on any atom is 0.0753 e. The first-order valence-corrected chi connectivity index (χ1v) is 15.5. The summed E-state index contributed by atoms with van der Waals surface area (Å²) < 4.78 is 0. The van der Waals surface area contributed by atoms with Crippen LogP contribution in [0.3, 0.4) is 0 Å². The molecule has 2 rings (SSSR count). The molecule has 0 amide bonds. The third-order valence-electron chi connectivity index (χ3n) is 8.46. The molecule has 228 valence electrons. The van der Waals surface area contributed by atoms with Crippen LogP contribution in [-0.2, 0) is 0 Å². The smallest absolute Gasteiger partial charge is 0.0753 e. The lowest BCUT2D eigenvalue weighted by Gasteiger charge is -2.35. The van der Waals surface area contributed by atoms with E-state index < -0.39 is 0 Å². The van der Waals surface area contributed by atoms with Gasteiger partial charge in [0.2, 0.25) is 0 Å². The van der Waals surface area contributed by atoms with Crippen LogP contribution in [0.5, 0.6) is 0 Å². The standard InChI is InChI=1S/C40H56O2/c1-29(17-13-19-31(3)21-23-36-33(5)27-35(41)28-40(36,9)10)15-11-12-16-30(2)18-14-20-32(4)22-24-37-34(6)38(42)25-26-39(37,7)8/h11-24,35,38,41-42H,25-28H2,1-10H3/b12-11+,17-13+,18-14+,23-21+,24-22+,29-15+,30-16+,31-19+,32-20+/t35-,38?/m1/s1. The van der Waals surface area contributed by atoms with Crippen molar-refractivity contribution in [3.05, 3.63) is 130 Å². The van der Waals surface area contributed by atoms with Gasteiger partial charge in [-0.3, -0.25) is 0 Å². The van der Waals surface area contributed by atoms with Gasteiger partial charge in [0.05, 0.1) is 12.2 Å². The molecule has 0 aromatic heterocycles. The third kappa shape index (κ3) is 11.4. The second-order valence-corrected chi connectivity index (χ2v) is 13.6. The Labute approximate surface area is 257 Å². The molecule has 2 nitrogen and oxygen atoms in total. The minimum Gasteiger partial charge on any atom is -0.393 e. The number of hydrogen-bond acceptors (Lipinski definition) is 2. The van der Waals surface area contributed by atoms with Gasteiger partial charge in [-0.25, -0.2) is 0 Å². The van der Waals surface area contributed by atoms with E-state index in [2.05, 4.69) is 154 Å². The molecule has 0 saturated carbocycles. The zero-order chi connectivity index (χ0) is 31.5. The molecule has 0 radical (unpaired) electrons. The number of allylic oxidation sites excluding steroid dienone is 20. The molecule has 0 aromatic carbocycles. The summed E-state index contributed by atoms with van der Waals surface area (Å²) >= 11 is 0. The first-order chi connectivity index (χ1) is 19.6. The second kappa shape index (κ2) is 16.1. The monoisotopic (exact) mass is 568 g/mol. The van der Waals surface area contributed by atoms with Gasteiger partial charge in [-0.15, -0.1) is 0 Å². The molecular weight excluding hydrogens is 512 g/mol. The second-order valence-electron chi connectivity index (χ2n) is 13.6. The predicted molar refractivity (Wildman–Crippen MR) is 184 cm³/mol. The minimum atomic E-state index is -0.315. The summed E-state index contributed by atoms with van der Waals surface area (Å²) in [4.78, 5) is 0. The van der Waals surface area contributed by atoms with Gasteiger partial charge in [0.25, 0.3) is 0 Å². The minimum absolute atomic E-state index is 0.00484. The first kappa shape index (κ1) is 35.3. The van der Waals surface area contributed by atoms with E-state index in [1.165, 1.54) is 39.0 Å². The summed E-state index contributed by atoms with van der Waals surface area (Å²) in [6.07, 6.45) is 32.7. The van der Waals surface area contributed by atoms with E-state index in [1.807, 2.05) is 0 Å². The van der Waals surface area contributed by atoms with Crippen molar-refractivity contribution >= 4 is 0 Å². The van der Waals surface area contributed by atoms with Gasteiger partial charge in [-0.1, -0.05) is 141 Å². The molecule has 42 heavy (non-hydrogen) atoms. The fraction of sp³-hybridized carbons (Fsp3) is 0.450. The summed E-state index contributed by atoms with van der Waals surface area (Å²) in [5.41, 5.74) is 9.86. The fourth-order valence-corrected chi connectivity index (χ4v) is 5.87. The van der Waals surface area contributed by atoms with Gasteiger partial charge in [0.15, 0.2) is 0 Å². The molecule has 2 aliphatic rings. The van der Waals surface area contributed by atoms with Crippen LogP contribution in [0.1, 0.15) is 94.9 Å². The Morgan fingerprint density at radius 1 is 0.643 bits per heavy atom. The van der Waals surface area contributed by atoms with Crippen LogP contribution in [0.4, 0.5) is 0 Å². The molecule has 0 aliphatic heterocycles. The van der Waals surface area contributed by atoms with Crippen LogP contribution in [0.25, 0.3) is 0 Å². The van der Waals surface area contributed by atoms with Gasteiger partial charge >= 0.3 is 0 Å². The van der Waals surface area contributed by atoms with Crippen LogP contribution in [0.15, 0.2) is 130 Å². The van der Waals surface area contributed by atoms with Crippen molar-refractivity contribution in [2.45, 2.75) is 107 Å². The van der Waals surface area contributed by atoms with E-state index >= 15 is 0 Å². The van der Waals surface area contributed by atoms with Crippen LogP contribution in [0.2, 0.25) is 0 Å². The molecule has 0 spiro atoms. The average molecular weight is 569 g/mol. The molecule has 0 heterocycles. The van der Waals surface area contributed by atoms with Gasteiger partial charge in [0, 0.05) is 0 Å². The highest BCUT2D eigenvalue weighted by Gasteiger charge is 2.32. The van der Waals surface area contributed by atoms with Crippen molar-refractivity contribution in [3.63, 3.8) is 0 Å². The summed E-state index contributed by atoms with van der Waals surface area (Å²) in [5.74, 6) is 0. The number of hydrogen-bond donors (Lipinski definition) is 2. The van der Waals surface area contributed by atoms with E-state index in [9.17, 15) is 10.2 Å². The lowest BCUT2D eigenvalue weighted by atomic mass is 9.71. The molecule has 0 fully saturated rings. The Kier molecular flexibility index (Phi) is 13.5. The SMILES string of the molecule is CC1=C(/C=C/C(C)=C/C=C/C(C)=C/C=C/C=C(C)/C=C/C=C(C)/C=C/C2=C(C)C(O)CCC2(C)C)C(C)(C)C[C@H](O)C1. The molecule has 2 atom stereocenters.